The van der Waals surface area contributed by atoms with Gasteiger partial charge in [0.1, 0.15) is 5.82 Å². The first kappa shape index (κ1) is 19.1. The van der Waals surface area contributed by atoms with Crippen molar-refractivity contribution in [3.63, 3.8) is 0 Å². The number of carbonyl (C=O) groups excluding carboxylic acids is 2. The second-order valence-corrected chi connectivity index (χ2v) is 7.33. The third-order valence-electron chi connectivity index (χ3n) is 5.33. The van der Waals surface area contributed by atoms with Crippen molar-refractivity contribution < 1.29 is 9.59 Å². The zero-order valence-electron chi connectivity index (χ0n) is 16.4. The van der Waals surface area contributed by atoms with Gasteiger partial charge in [0.2, 0.25) is 11.8 Å². The van der Waals surface area contributed by atoms with Crippen molar-refractivity contribution in [2.75, 3.05) is 13.1 Å². The van der Waals surface area contributed by atoms with E-state index in [0.29, 0.717) is 38.8 Å². The first-order valence-corrected chi connectivity index (χ1v) is 10.1. The highest BCUT2D eigenvalue weighted by Gasteiger charge is 2.20. The van der Waals surface area contributed by atoms with Crippen molar-refractivity contribution in [1.82, 2.24) is 24.8 Å². The van der Waals surface area contributed by atoms with Crippen molar-refractivity contribution in [1.29, 1.82) is 0 Å². The summed E-state index contributed by atoms with van der Waals surface area (Å²) in [4.78, 5) is 26.4. The first-order valence-electron chi connectivity index (χ1n) is 10.1. The van der Waals surface area contributed by atoms with Gasteiger partial charge in [-0.15, -0.1) is 10.2 Å². The van der Waals surface area contributed by atoms with Gasteiger partial charge >= 0.3 is 0 Å². The van der Waals surface area contributed by atoms with Crippen molar-refractivity contribution >= 4 is 17.5 Å². The van der Waals surface area contributed by atoms with E-state index in [9.17, 15) is 9.59 Å². The van der Waals surface area contributed by atoms with E-state index in [4.69, 9.17) is 0 Å². The minimum Gasteiger partial charge on any atom is -0.356 e. The van der Waals surface area contributed by atoms with E-state index in [1.165, 1.54) is 11.1 Å². The number of aromatic nitrogens is 3. The summed E-state index contributed by atoms with van der Waals surface area (Å²) in [7, 11) is 0. The Kier molecular flexibility index (Phi) is 5.84. The quantitative estimate of drug-likeness (QED) is 0.669. The van der Waals surface area contributed by atoms with Crippen molar-refractivity contribution in [3.05, 3.63) is 65.6 Å². The zero-order chi connectivity index (χ0) is 20.1. The van der Waals surface area contributed by atoms with Crippen LogP contribution in [-0.2, 0) is 29.0 Å². The van der Waals surface area contributed by atoms with Gasteiger partial charge in [-0.25, -0.2) is 0 Å². The van der Waals surface area contributed by atoms with Crippen LogP contribution in [0.25, 0.3) is 5.65 Å². The molecule has 3 aromatic rings. The van der Waals surface area contributed by atoms with Crippen LogP contribution in [0.3, 0.4) is 0 Å². The molecule has 29 heavy (non-hydrogen) atoms. The summed E-state index contributed by atoms with van der Waals surface area (Å²) < 4.78 is 1.92. The first-order chi connectivity index (χ1) is 14.2. The molecule has 2 amide bonds. The summed E-state index contributed by atoms with van der Waals surface area (Å²) in [5.74, 6) is 0.916. The van der Waals surface area contributed by atoms with Crippen LogP contribution >= 0.6 is 0 Å². The van der Waals surface area contributed by atoms with Crippen LogP contribution in [-0.4, -0.2) is 44.4 Å². The number of rotatable bonds is 7. The predicted octanol–water partition coefficient (Wildman–Crippen LogP) is 2.14. The van der Waals surface area contributed by atoms with Gasteiger partial charge in [0, 0.05) is 45.1 Å². The summed E-state index contributed by atoms with van der Waals surface area (Å²) in [6, 6.07) is 14.0. The monoisotopic (exact) mass is 391 g/mol. The molecular weight excluding hydrogens is 366 g/mol. The van der Waals surface area contributed by atoms with Gasteiger partial charge in [0.15, 0.2) is 5.65 Å². The van der Waals surface area contributed by atoms with E-state index < -0.39 is 0 Å². The van der Waals surface area contributed by atoms with Crippen LogP contribution < -0.4 is 5.32 Å². The smallest absolute Gasteiger partial charge is 0.222 e. The molecule has 0 saturated heterocycles. The number of nitrogens with zero attached hydrogens (tertiary/aromatic N) is 4. The van der Waals surface area contributed by atoms with Crippen LogP contribution in [0.15, 0.2) is 48.7 Å². The van der Waals surface area contributed by atoms with Gasteiger partial charge in [-0.1, -0.05) is 30.3 Å². The minimum absolute atomic E-state index is 0.0318. The molecule has 4 rings (SSSR count). The largest absolute Gasteiger partial charge is 0.356 e. The number of carbonyl (C=O) groups is 2. The lowest BCUT2D eigenvalue weighted by molar-refractivity contribution is -0.132. The summed E-state index contributed by atoms with van der Waals surface area (Å²) in [6.07, 6.45) is 4.76. The van der Waals surface area contributed by atoms with Crippen molar-refractivity contribution in [2.45, 2.75) is 38.6 Å². The second-order valence-electron chi connectivity index (χ2n) is 7.33. The van der Waals surface area contributed by atoms with Gasteiger partial charge in [-0.2, -0.15) is 0 Å². The molecular formula is C22H25N5O2. The van der Waals surface area contributed by atoms with Gasteiger partial charge < -0.3 is 10.2 Å². The lowest BCUT2D eigenvalue weighted by Gasteiger charge is -2.29. The molecule has 150 valence electrons. The Hall–Kier alpha value is -3.22. The third kappa shape index (κ3) is 4.62. The molecule has 0 unspecified atom stereocenters. The van der Waals surface area contributed by atoms with Crippen molar-refractivity contribution in [2.24, 2.45) is 0 Å². The van der Waals surface area contributed by atoms with Gasteiger partial charge in [-0.05, 0) is 36.1 Å². The number of nitrogens with one attached hydrogen (secondary N) is 1. The molecule has 1 aliphatic rings. The van der Waals surface area contributed by atoms with Crippen LogP contribution in [0.2, 0.25) is 0 Å². The molecule has 7 nitrogen and oxygen atoms in total. The van der Waals surface area contributed by atoms with Crippen LogP contribution in [0.1, 0.15) is 36.2 Å². The van der Waals surface area contributed by atoms with Crippen molar-refractivity contribution in [3.8, 4) is 0 Å². The molecule has 0 atom stereocenters. The fraction of sp³-hybridized carbons (Fsp3) is 0.364. The summed E-state index contributed by atoms with van der Waals surface area (Å²) >= 11 is 0. The number of pyridine rings is 1. The summed E-state index contributed by atoms with van der Waals surface area (Å²) in [6.45, 7) is 1.94. The molecule has 1 aromatic carbocycles. The Bertz CT molecular complexity index is 1010. The Morgan fingerprint density at radius 2 is 1.83 bits per heavy atom. The maximum Gasteiger partial charge on any atom is 0.222 e. The average Bonchev–Trinajstić information content (AvgIpc) is 3.16. The summed E-state index contributed by atoms with van der Waals surface area (Å²) in [5.41, 5.74) is 3.36. The number of hydrogen-bond acceptors (Lipinski definition) is 4. The average molecular weight is 391 g/mol. The van der Waals surface area contributed by atoms with Gasteiger partial charge in [-0.3, -0.25) is 14.0 Å². The van der Waals surface area contributed by atoms with E-state index in [1.54, 1.807) is 0 Å². The molecule has 7 heteroatoms. The predicted molar refractivity (Wildman–Crippen MR) is 109 cm³/mol. The normalized spacial score (nSPS) is 13.3. The molecule has 0 saturated carbocycles. The van der Waals surface area contributed by atoms with Crippen LogP contribution in [0, 0.1) is 0 Å². The Morgan fingerprint density at radius 1 is 1.00 bits per heavy atom. The highest BCUT2D eigenvalue weighted by Crippen LogP contribution is 2.19. The Morgan fingerprint density at radius 3 is 2.72 bits per heavy atom. The molecule has 2 aromatic heterocycles. The molecule has 0 aliphatic carbocycles. The van der Waals surface area contributed by atoms with E-state index in [0.717, 1.165) is 24.4 Å². The fourth-order valence-corrected chi connectivity index (χ4v) is 3.73. The molecule has 0 radical (unpaired) electrons. The molecule has 0 fully saturated rings. The van der Waals surface area contributed by atoms with E-state index in [2.05, 4.69) is 27.6 Å². The van der Waals surface area contributed by atoms with Crippen LogP contribution in [0.5, 0.6) is 0 Å². The minimum atomic E-state index is -0.0318. The fourth-order valence-electron chi connectivity index (χ4n) is 3.73. The highest BCUT2D eigenvalue weighted by molar-refractivity contribution is 5.79. The SMILES string of the molecule is O=C(CCCC(=O)N1CCc2ccccc2C1)NCCc1nnc2ccccn12. The van der Waals surface area contributed by atoms with Crippen LogP contribution in [0.4, 0.5) is 0 Å². The number of benzene rings is 1. The second kappa shape index (κ2) is 8.86. The summed E-state index contributed by atoms with van der Waals surface area (Å²) in [5, 5.41) is 11.2. The molecule has 0 bridgehead atoms. The standard InChI is InChI=1S/C22H25N5O2/c28-21(23-13-11-20-25-24-19-8-3-4-14-27(19)20)9-5-10-22(29)26-15-12-17-6-1-2-7-18(17)16-26/h1-4,6-8,14H,5,9-13,15-16H2,(H,23,28). The Balaban J connectivity index is 1.16. The van der Waals surface area contributed by atoms with Gasteiger partial charge in [0.25, 0.3) is 0 Å². The lowest BCUT2D eigenvalue weighted by Crippen LogP contribution is -2.36. The van der Waals surface area contributed by atoms with E-state index in [1.807, 2.05) is 45.8 Å². The topological polar surface area (TPSA) is 79.6 Å². The van der Waals surface area contributed by atoms with E-state index >= 15 is 0 Å². The number of amides is 2. The zero-order valence-corrected chi connectivity index (χ0v) is 16.4. The van der Waals surface area contributed by atoms with Gasteiger partial charge in [0.05, 0.1) is 0 Å². The Labute approximate surface area is 169 Å². The number of fused-ring (bicyclic) bond motifs is 2. The lowest BCUT2D eigenvalue weighted by atomic mass is 9.99. The molecule has 3 heterocycles. The van der Waals surface area contributed by atoms with E-state index in [-0.39, 0.29) is 11.8 Å². The maximum absolute atomic E-state index is 12.5. The maximum atomic E-state index is 12.5. The third-order valence-corrected chi connectivity index (χ3v) is 5.33. The number of hydrogen-bond donors (Lipinski definition) is 1. The molecule has 1 aliphatic heterocycles. The highest BCUT2D eigenvalue weighted by atomic mass is 16.2. The molecule has 1 N–H and O–H groups in total. The molecule has 0 spiro atoms.